The van der Waals surface area contributed by atoms with Gasteiger partial charge in [-0.1, -0.05) is 57.0 Å². The van der Waals surface area contributed by atoms with Gasteiger partial charge in [-0.3, -0.25) is 0 Å². The van der Waals surface area contributed by atoms with Gasteiger partial charge < -0.3 is 10.5 Å². The Morgan fingerprint density at radius 3 is 2.13 bits per heavy atom. The summed E-state index contributed by atoms with van der Waals surface area (Å²) in [5.41, 5.74) is 8.02. The molecule has 1 fully saturated rings. The van der Waals surface area contributed by atoms with Gasteiger partial charge in [0.1, 0.15) is 0 Å². The van der Waals surface area contributed by atoms with E-state index in [-0.39, 0.29) is 0 Å². The first-order valence-corrected chi connectivity index (χ1v) is 9.23. The fraction of sp³-hybridized carbons (Fsp3) is 0.619. The molecule has 23 heavy (non-hydrogen) atoms. The first-order valence-electron chi connectivity index (χ1n) is 9.23. The van der Waals surface area contributed by atoms with Gasteiger partial charge in [-0.05, 0) is 49.1 Å². The van der Waals surface area contributed by atoms with Gasteiger partial charge >= 0.3 is 0 Å². The van der Waals surface area contributed by atoms with Crippen molar-refractivity contribution in [2.45, 2.75) is 78.0 Å². The lowest BCUT2D eigenvalue weighted by Gasteiger charge is -2.27. The monoisotopic (exact) mass is 317 g/mol. The van der Waals surface area contributed by atoms with Crippen LogP contribution in [-0.2, 0) is 17.9 Å². The average Bonchev–Trinajstić information content (AvgIpc) is 2.62. The van der Waals surface area contributed by atoms with Crippen molar-refractivity contribution in [2.24, 2.45) is 11.7 Å². The van der Waals surface area contributed by atoms with Crippen LogP contribution in [-0.4, -0.2) is 6.10 Å². The summed E-state index contributed by atoms with van der Waals surface area (Å²) in [6, 6.07) is 8.43. The van der Waals surface area contributed by atoms with Crippen molar-refractivity contribution < 1.29 is 4.74 Å². The molecule has 2 rings (SSSR count). The maximum atomic E-state index is 6.00. The zero-order chi connectivity index (χ0) is 16.9. The molecule has 2 heteroatoms. The lowest BCUT2D eigenvalue weighted by molar-refractivity contribution is 0.00682. The smallest absolute Gasteiger partial charge is 0.0720 e. The van der Waals surface area contributed by atoms with Crippen LogP contribution in [0.25, 0.3) is 0 Å². The van der Waals surface area contributed by atoms with Crippen LogP contribution in [0.4, 0.5) is 0 Å². The maximum Gasteiger partial charge on any atom is 0.0720 e. The van der Waals surface area contributed by atoms with E-state index in [1.54, 1.807) is 0 Å². The molecule has 130 valence electrons. The van der Waals surface area contributed by atoms with Crippen molar-refractivity contribution in [3.8, 4) is 0 Å². The minimum atomic E-state index is 0.474. The first kappa shape index (κ1) is 19.9. The SMILES string of the molecule is C=CCCC.CCC1CCC(OCc2ccc(CN)cc2)CC1. The number of ether oxygens (including phenoxy) is 1. The Kier molecular flexibility index (Phi) is 10.7. The summed E-state index contributed by atoms with van der Waals surface area (Å²) in [6.07, 6.45) is 11.3. The minimum absolute atomic E-state index is 0.474. The van der Waals surface area contributed by atoms with E-state index >= 15 is 0 Å². The number of unbranched alkanes of at least 4 members (excludes halogenated alkanes) is 1. The van der Waals surface area contributed by atoms with E-state index in [2.05, 4.69) is 44.7 Å². The summed E-state index contributed by atoms with van der Waals surface area (Å²) in [6.45, 7) is 9.34. The van der Waals surface area contributed by atoms with Gasteiger partial charge in [0, 0.05) is 6.54 Å². The topological polar surface area (TPSA) is 35.2 Å². The predicted octanol–water partition coefficient (Wildman–Crippen LogP) is 5.60. The molecule has 0 radical (unpaired) electrons. The van der Waals surface area contributed by atoms with Crippen LogP contribution in [0.2, 0.25) is 0 Å². The van der Waals surface area contributed by atoms with Crippen LogP contribution in [0, 0.1) is 5.92 Å². The van der Waals surface area contributed by atoms with Crippen LogP contribution in [0.3, 0.4) is 0 Å². The number of allylic oxidation sites excluding steroid dienone is 1. The number of benzene rings is 1. The summed E-state index contributed by atoms with van der Waals surface area (Å²) < 4.78 is 6.00. The molecular formula is C21H35NO. The van der Waals surface area contributed by atoms with Crippen LogP contribution in [0.15, 0.2) is 36.9 Å². The molecule has 0 atom stereocenters. The summed E-state index contributed by atoms with van der Waals surface area (Å²) >= 11 is 0. The first-order chi connectivity index (χ1) is 11.2. The maximum absolute atomic E-state index is 6.00. The second kappa shape index (κ2) is 12.3. The van der Waals surface area contributed by atoms with Gasteiger partial charge in [0.2, 0.25) is 0 Å². The van der Waals surface area contributed by atoms with Gasteiger partial charge in [-0.25, -0.2) is 0 Å². The van der Waals surface area contributed by atoms with E-state index in [9.17, 15) is 0 Å². The Morgan fingerprint density at radius 2 is 1.70 bits per heavy atom. The third kappa shape index (κ3) is 8.34. The molecule has 0 aliphatic heterocycles. The van der Waals surface area contributed by atoms with Gasteiger partial charge in [-0.15, -0.1) is 6.58 Å². The second-order valence-electron chi connectivity index (χ2n) is 6.46. The normalized spacial score (nSPS) is 20.5. The van der Waals surface area contributed by atoms with E-state index in [1.807, 2.05) is 6.08 Å². The van der Waals surface area contributed by atoms with E-state index in [1.165, 1.54) is 49.7 Å². The van der Waals surface area contributed by atoms with Crippen LogP contribution in [0.1, 0.15) is 69.9 Å². The van der Waals surface area contributed by atoms with Gasteiger partial charge in [0.25, 0.3) is 0 Å². The van der Waals surface area contributed by atoms with Gasteiger partial charge in [0.15, 0.2) is 0 Å². The molecular weight excluding hydrogens is 282 g/mol. The summed E-state index contributed by atoms with van der Waals surface area (Å²) in [4.78, 5) is 0. The Morgan fingerprint density at radius 1 is 1.09 bits per heavy atom. The third-order valence-electron chi connectivity index (χ3n) is 4.61. The molecule has 1 aromatic rings. The zero-order valence-electron chi connectivity index (χ0n) is 15.1. The Balaban J connectivity index is 0.000000463. The molecule has 1 saturated carbocycles. The molecule has 0 saturated heterocycles. The molecule has 0 spiro atoms. The number of rotatable bonds is 7. The van der Waals surface area contributed by atoms with Gasteiger partial charge in [0.05, 0.1) is 12.7 Å². The highest BCUT2D eigenvalue weighted by atomic mass is 16.5. The summed E-state index contributed by atoms with van der Waals surface area (Å²) in [5.74, 6) is 0.939. The molecule has 0 unspecified atom stereocenters. The fourth-order valence-electron chi connectivity index (χ4n) is 2.90. The third-order valence-corrected chi connectivity index (χ3v) is 4.61. The predicted molar refractivity (Wildman–Crippen MR) is 100 cm³/mol. The molecule has 0 bridgehead atoms. The second-order valence-corrected chi connectivity index (χ2v) is 6.46. The molecule has 0 amide bonds. The molecule has 2 N–H and O–H groups in total. The highest BCUT2D eigenvalue weighted by Gasteiger charge is 2.20. The lowest BCUT2D eigenvalue weighted by atomic mass is 9.86. The van der Waals surface area contributed by atoms with Crippen molar-refractivity contribution in [3.05, 3.63) is 48.0 Å². The van der Waals surface area contributed by atoms with E-state index < -0.39 is 0 Å². The highest BCUT2D eigenvalue weighted by Crippen LogP contribution is 2.28. The molecule has 1 aliphatic rings. The van der Waals surface area contributed by atoms with Crippen LogP contribution < -0.4 is 5.73 Å². The molecule has 2 nitrogen and oxygen atoms in total. The van der Waals surface area contributed by atoms with Crippen molar-refractivity contribution in [1.29, 1.82) is 0 Å². The largest absolute Gasteiger partial charge is 0.374 e. The Labute approximate surface area is 143 Å². The highest BCUT2D eigenvalue weighted by molar-refractivity contribution is 5.21. The Bertz CT molecular complexity index is 404. The molecule has 0 aromatic heterocycles. The average molecular weight is 318 g/mol. The summed E-state index contributed by atoms with van der Waals surface area (Å²) in [7, 11) is 0. The molecule has 1 aromatic carbocycles. The lowest BCUT2D eigenvalue weighted by Crippen LogP contribution is -2.21. The van der Waals surface area contributed by atoms with Gasteiger partial charge in [-0.2, -0.15) is 0 Å². The van der Waals surface area contributed by atoms with E-state index in [0.29, 0.717) is 12.6 Å². The van der Waals surface area contributed by atoms with Crippen molar-refractivity contribution in [1.82, 2.24) is 0 Å². The molecule has 0 heterocycles. The van der Waals surface area contributed by atoms with E-state index in [0.717, 1.165) is 18.9 Å². The van der Waals surface area contributed by atoms with Crippen molar-refractivity contribution >= 4 is 0 Å². The molecule has 1 aliphatic carbocycles. The number of nitrogens with two attached hydrogens (primary N) is 1. The number of hydrogen-bond acceptors (Lipinski definition) is 2. The van der Waals surface area contributed by atoms with E-state index in [4.69, 9.17) is 10.5 Å². The quantitative estimate of drug-likeness (QED) is 0.664. The Hall–Kier alpha value is -1.12. The summed E-state index contributed by atoms with van der Waals surface area (Å²) in [5, 5.41) is 0. The minimum Gasteiger partial charge on any atom is -0.374 e. The van der Waals surface area contributed by atoms with Crippen molar-refractivity contribution in [2.75, 3.05) is 0 Å². The zero-order valence-corrected chi connectivity index (χ0v) is 15.1. The van der Waals surface area contributed by atoms with Crippen LogP contribution >= 0.6 is 0 Å². The fourth-order valence-corrected chi connectivity index (χ4v) is 2.90. The van der Waals surface area contributed by atoms with Crippen LogP contribution in [0.5, 0.6) is 0 Å². The van der Waals surface area contributed by atoms with Crippen molar-refractivity contribution in [3.63, 3.8) is 0 Å². The number of hydrogen-bond donors (Lipinski definition) is 1. The standard InChI is InChI=1S/C16H25NO.C5H10/c1-2-13-7-9-16(10-8-13)18-12-15-5-3-14(11-17)4-6-15;1-3-5-4-2/h3-6,13,16H,2,7-12,17H2,1H3;3H,1,4-5H2,2H3.